The van der Waals surface area contributed by atoms with Gasteiger partial charge in [-0.3, -0.25) is 4.79 Å². The molecule has 3 rings (SSSR count). The second kappa shape index (κ2) is 8.99. The van der Waals surface area contributed by atoms with Crippen LogP contribution in [0.25, 0.3) is 5.57 Å². The molecule has 1 aliphatic heterocycles. The first kappa shape index (κ1) is 22.0. The molecule has 5 nitrogen and oxygen atoms in total. The van der Waals surface area contributed by atoms with Crippen molar-refractivity contribution in [3.8, 4) is 0 Å². The Morgan fingerprint density at radius 3 is 2.52 bits per heavy atom. The normalized spacial score (nSPS) is 21.1. The number of amides is 1. The number of nitrogens with two attached hydrogens (primary N) is 1. The summed E-state index contributed by atoms with van der Waals surface area (Å²) in [5, 5.41) is 0. The molecular formula is C24H36N2O3. The van der Waals surface area contributed by atoms with Crippen LogP contribution in [0, 0.1) is 5.41 Å². The van der Waals surface area contributed by atoms with Crippen molar-refractivity contribution in [2.24, 2.45) is 11.1 Å². The number of hydrogen-bond acceptors (Lipinski definition) is 4. The molecule has 2 N–H and O–H groups in total. The number of likely N-dealkylation sites (N-methyl/N-ethyl adjacent to an activating group) is 1. The van der Waals surface area contributed by atoms with Gasteiger partial charge in [0.2, 0.25) is 5.91 Å². The van der Waals surface area contributed by atoms with Crippen molar-refractivity contribution in [2.75, 3.05) is 40.5 Å². The van der Waals surface area contributed by atoms with Gasteiger partial charge in [0.1, 0.15) is 0 Å². The summed E-state index contributed by atoms with van der Waals surface area (Å²) in [4.78, 5) is 14.3. The van der Waals surface area contributed by atoms with Gasteiger partial charge in [0.25, 0.3) is 0 Å². The second-order valence-electron chi connectivity index (χ2n) is 9.48. The van der Waals surface area contributed by atoms with Gasteiger partial charge in [-0.15, -0.1) is 0 Å². The number of carbonyl (C=O) groups is 1. The van der Waals surface area contributed by atoms with Gasteiger partial charge >= 0.3 is 0 Å². The van der Waals surface area contributed by atoms with E-state index in [1.54, 1.807) is 0 Å². The molecule has 0 atom stereocenters. The van der Waals surface area contributed by atoms with E-state index in [9.17, 15) is 4.79 Å². The summed E-state index contributed by atoms with van der Waals surface area (Å²) >= 11 is 0. The maximum Gasteiger partial charge on any atom is 0.249 e. The fourth-order valence-electron chi connectivity index (χ4n) is 4.27. The van der Waals surface area contributed by atoms with Crippen molar-refractivity contribution in [2.45, 2.75) is 51.6 Å². The largest absolute Gasteiger partial charge is 0.381 e. The van der Waals surface area contributed by atoms with E-state index >= 15 is 0 Å². The quantitative estimate of drug-likeness (QED) is 0.752. The molecule has 0 bridgehead atoms. The number of allylic oxidation sites excluding steroid dienone is 2. The summed E-state index contributed by atoms with van der Waals surface area (Å²) in [5.41, 5.74) is 9.62. The molecule has 0 unspecified atom stereocenters. The number of nitrogens with zero attached hydrogens (tertiary/aromatic N) is 1. The maximum atomic E-state index is 12.1. The van der Waals surface area contributed by atoms with Crippen LogP contribution in [0.5, 0.6) is 0 Å². The lowest BCUT2D eigenvalue weighted by molar-refractivity contribution is -0.118. The van der Waals surface area contributed by atoms with Gasteiger partial charge in [0.15, 0.2) is 0 Å². The SMILES string of the molecule is CN(C)CCOC1(c2ccc(C(N)=O)c(C3=CCC(C)(C)CC3)c2)CCOCC1. The lowest BCUT2D eigenvalue weighted by Crippen LogP contribution is -2.38. The Bertz CT molecular complexity index is 761. The molecule has 5 heteroatoms. The highest BCUT2D eigenvalue weighted by Crippen LogP contribution is 2.42. The third-order valence-corrected chi connectivity index (χ3v) is 6.35. The molecule has 2 aliphatic rings. The van der Waals surface area contributed by atoms with Crippen LogP contribution >= 0.6 is 0 Å². The van der Waals surface area contributed by atoms with E-state index in [-0.39, 0.29) is 11.5 Å². The zero-order chi connectivity index (χ0) is 21.1. The second-order valence-corrected chi connectivity index (χ2v) is 9.48. The number of benzene rings is 1. The Hall–Kier alpha value is -1.69. The third-order valence-electron chi connectivity index (χ3n) is 6.35. The number of ether oxygens (including phenoxy) is 2. The fourth-order valence-corrected chi connectivity index (χ4v) is 4.27. The number of rotatable bonds is 7. The van der Waals surface area contributed by atoms with Crippen LogP contribution in [0.4, 0.5) is 0 Å². The minimum atomic E-state index is -0.369. The standard InChI is InChI=1S/C24H36N2O3/c1-23(2)9-7-18(8-10-23)21-17-19(5-6-20(21)22(25)27)24(11-14-28-15-12-24)29-16-13-26(3)4/h5-7,17H,8-16H2,1-4H3,(H2,25,27). The minimum Gasteiger partial charge on any atom is -0.381 e. The average Bonchev–Trinajstić information content (AvgIpc) is 2.68. The molecule has 0 aromatic heterocycles. The van der Waals surface area contributed by atoms with Crippen molar-refractivity contribution in [3.05, 3.63) is 41.0 Å². The topological polar surface area (TPSA) is 64.8 Å². The van der Waals surface area contributed by atoms with Crippen LogP contribution in [0.3, 0.4) is 0 Å². The Labute approximate surface area is 175 Å². The minimum absolute atomic E-state index is 0.311. The Balaban J connectivity index is 1.97. The van der Waals surface area contributed by atoms with E-state index in [0.717, 1.165) is 49.8 Å². The smallest absolute Gasteiger partial charge is 0.249 e. The van der Waals surface area contributed by atoms with E-state index in [1.807, 2.05) is 12.1 Å². The number of hydrogen-bond donors (Lipinski definition) is 1. The van der Waals surface area contributed by atoms with Gasteiger partial charge in [-0.1, -0.05) is 26.0 Å². The molecule has 1 fully saturated rings. The molecule has 1 saturated heterocycles. The van der Waals surface area contributed by atoms with E-state index in [2.05, 4.69) is 45.0 Å². The molecular weight excluding hydrogens is 364 g/mol. The Morgan fingerprint density at radius 2 is 1.93 bits per heavy atom. The molecule has 160 valence electrons. The fraction of sp³-hybridized carbons (Fsp3) is 0.625. The molecule has 1 aliphatic carbocycles. The zero-order valence-corrected chi connectivity index (χ0v) is 18.4. The van der Waals surface area contributed by atoms with Crippen LogP contribution in [0.2, 0.25) is 0 Å². The first-order valence-electron chi connectivity index (χ1n) is 10.7. The van der Waals surface area contributed by atoms with Gasteiger partial charge in [0, 0.05) is 38.2 Å². The molecule has 0 spiro atoms. The molecule has 1 amide bonds. The molecule has 1 heterocycles. The first-order chi connectivity index (χ1) is 13.7. The van der Waals surface area contributed by atoms with Crippen molar-refractivity contribution in [1.82, 2.24) is 4.90 Å². The number of primary amides is 1. The van der Waals surface area contributed by atoms with E-state index in [4.69, 9.17) is 15.2 Å². The molecule has 0 radical (unpaired) electrons. The highest BCUT2D eigenvalue weighted by atomic mass is 16.5. The zero-order valence-electron chi connectivity index (χ0n) is 18.4. The predicted octanol–water partition coefficient (Wildman–Crippen LogP) is 3.96. The van der Waals surface area contributed by atoms with Crippen LogP contribution < -0.4 is 5.73 Å². The Kier molecular flexibility index (Phi) is 6.82. The third kappa shape index (κ3) is 5.27. The molecule has 0 saturated carbocycles. The molecule has 1 aromatic carbocycles. The van der Waals surface area contributed by atoms with Crippen molar-refractivity contribution in [1.29, 1.82) is 0 Å². The van der Waals surface area contributed by atoms with Crippen LogP contribution in [-0.4, -0.2) is 51.3 Å². The van der Waals surface area contributed by atoms with Crippen molar-refractivity contribution >= 4 is 11.5 Å². The van der Waals surface area contributed by atoms with Crippen molar-refractivity contribution in [3.63, 3.8) is 0 Å². The number of carbonyl (C=O) groups excluding carboxylic acids is 1. The van der Waals surface area contributed by atoms with Gasteiger partial charge < -0.3 is 20.1 Å². The summed E-state index contributed by atoms with van der Waals surface area (Å²) in [7, 11) is 4.10. The monoisotopic (exact) mass is 400 g/mol. The summed E-state index contributed by atoms with van der Waals surface area (Å²) in [6, 6.07) is 6.07. The van der Waals surface area contributed by atoms with Gasteiger partial charge in [-0.05, 0) is 67.6 Å². The van der Waals surface area contributed by atoms with Crippen LogP contribution in [0.15, 0.2) is 24.3 Å². The summed E-state index contributed by atoms with van der Waals surface area (Å²) in [6.07, 6.45) is 7.03. The lowest BCUT2D eigenvalue weighted by Gasteiger charge is -2.38. The summed E-state index contributed by atoms with van der Waals surface area (Å²) in [5.74, 6) is -0.369. The van der Waals surface area contributed by atoms with Gasteiger partial charge in [-0.2, -0.15) is 0 Å². The predicted molar refractivity (Wildman–Crippen MR) is 117 cm³/mol. The lowest BCUT2D eigenvalue weighted by atomic mass is 9.75. The van der Waals surface area contributed by atoms with E-state index in [0.29, 0.717) is 30.8 Å². The highest BCUT2D eigenvalue weighted by molar-refractivity contribution is 5.98. The van der Waals surface area contributed by atoms with E-state index in [1.165, 1.54) is 5.57 Å². The van der Waals surface area contributed by atoms with Crippen molar-refractivity contribution < 1.29 is 14.3 Å². The maximum absolute atomic E-state index is 12.1. The van der Waals surface area contributed by atoms with Gasteiger partial charge in [0.05, 0.1) is 12.2 Å². The van der Waals surface area contributed by atoms with E-state index < -0.39 is 0 Å². The van der Waals surface area contributed by atoms with Crippen LogP contribution in [-0.2, 0) is 15.1 Å². The first-order valence-corrected chi connectivity index (χ1v) is 10.7. The summed E-state index contributed by atoms with van der Waals surface area (Å²) in [6.45, 7) is 7.49. The average molecular weight is 401 g/mol. The Morgan fingerprint density at radius 1 is 1.21 bits per heavy atom. The molecule has 1 aromatic rings. The molecule has 29 heavy (non-hydrogen) atoms. The highest BCUT2D eigenvalue weighted by Gasteiger charge is 2.36. The van der Waals surface area contributed by atoms with Gasteiger partial charge in [-0.25, -0.2) is 0 Å². The van der Waals surface area contributed by atoms with Crippen LogP contribution in [0.1, 0.15) is 67.4 Å². The summed E-state index contributed by atoms with van der Waals surface area (Å²) < 4.78 is 12.1.